The largest absolute Gasteiger partial charge is 0.460 e. The molecule has 0 aliphatic carbocycles. The molecule has 30 heavy (non-hydrogen) atoms. The van der Waals surface area contributed by atoms with Gasteiger partial charge in [0.2, 0.25) is 0 Å². The fourth-order valence-electron chi connectivity index (χ4n) is 2.78. The predicted molar refractivity (Wildman–Crippen MR) is 111 cm³/mol. The summed E-state index contributed by atoms with van der Waals surface area (Å²) < 4.78 is 9.20. The normalized spacial score (nSPS) is 11.2. The third kappa shape index (κ3) is 4.28. The highest BCUT2D eigenvalue weighted by Gasteiger charge is 2.19. The molecule has 4 rings (SSSR count). The van der Waals surface area contributed by atoms with Gasteiger partial charge in [0.1, 0.15) is 22.5 Å². The topological polar surface area (TPSA) is 109 Å². The van der Waals surface area contributed by atoms with Crippen molar-refractivity contribution in [1.29, 1.82) is 0 Å². The monoisotopic (exact) mass is 467 g/mol. The van der Waals surface area contributed by atoms with Gasteiger partial charge < -0.3 is 19.1 Å². The van der Waals surface area contributed by atoms with Gasteiger partial charge >= 0.3 is 5.82 Å². The second-order valence-corrected chi connectivity index (χ2v) is 7.13. The predicted octanol–water partition coefficient (Wildman–Crippen LogP) is 4.28. The minimum atomic E-state index is -0.565. The molecule has 9 nitrogen and oxygen atoms in total. The average molecular weight is 468 g/mol. The maximum Gasteiger partial charge on any atom is 0.404 e. The van der Waals surface area contributed by atoms with E-state index in [4.69, 9.17) is 4.42 Å². The number of halogens is 1. The van der Waals surface area contributed by atoms with Crippen LogP contribution in [0, 0.1) is 10.1 Å². The lowest BCUT2D eigenvalue weighted by atomic mass is 10.1. The van der Waals surface area contributed by atoms with Crippen molar-refractivity contribution in [2.24, 2.45) is 0 Å². The van der Waals surface area contributed by atoms with E-state index in [9.17, 15) is 14.9 Å². The summed E-state index contributed by atoms with van der Waals surface area (Å²) in [6.07, 6.45) is 9.72. The van der Waals surface area contributed by atoms with Gasteiger partial charge in [0.05, 0.1) is 17.6 Å². The van der Waals surface area contributed by atoms with E-state index in [0.717, 1.165) is 5.69 Å². The van der Waals surface area contributed by atoms with Crippen molar-refractivity contribution in [1.82, 2.24) is 19.3 Å². The van der Waals surface area contributed by atoms with E-state index in [1.165, 1.54) is 17.0 Å². The quantitative estimate of drug-likeness (QED) is 0.173. The molecule has 0 aliphatic heterocycles. The number of nitro groups is 1. The number of ketones is 1. The smallest absolute Gasteiger partial charge is 0.404 e. The molecule has 3 aromatic heterocycles. The highest BCUT2D eigenvalue weighted by Crippen LogP contribution is 2.23. The Kier molecular flexibility index (Phi) is 5.40. The first-order valence-electron chi connectivity index (χ1n) is 8.76. The first-order valence-corrected chi connectivity index (χ1v) is 9.56. The van der Waals surface area contributed by atoms with Crippen molar-refractivity contribution >= 4 is 33.6 Å². The molecule has 3 heterocycles. The number of benzene rings is 1. The van der Waals surface area contributed by atoms with Gasteiger partial charge in [-0.1, -0.05) is 0 Å². The number of imidazole rings is 1. The number of hydrogen-bond donors (Lipinski definition) is 0. The lowest BCUT2D eigenvalue weighted by Crippen LogP contribution is -2.00. The van der Waals surface area contributed by atoms with Crippen molar-refractivity contribution < 1.29 is 14.1 Å². The third-order valence-corrected chi connectivity index (χ3v) is 4.79. The summed E-state index contributed by atoms with van der Waals surface area (Å²) in [6.45, 7) is 0.226. The summed E-state index contributed by atoms with van der Waals surface area (Å²) in [5, 5.41) is 14.8. The van der Waals surface area contributed by atoms with Crippen LogP contribution in [0.25, 0.3) is 11.8 Å². The Balaban J connectivity index is 1.41. The molecule has 0 spiro atoms. The number of nitrogens with zero attached hydrogens (tertiary/aromatic N) is 5. The third-order valence-electron chi connectivity index (χ3n) is 4.23. The molecule has 10 heteroatoms. The van der Waals surface area contributed by atoms with Crippen molar-refractivity contribution in [2.45, 2.75) is 6.54 Å². The Morgan fingerprint density at radius 1 is 1.23 bits per heavy atom. The number of aromatic nitrogens is 4. The lowest BCUT2D eigenvalue weighted by Gasteiger charge is -2.02. The molecule has 4 aromatic rings. The molecule has 0 N–H and O–H groups in total. The summed E-state index contributed by atoms with van der Waals surface area (Å²) in [6, 6.07) is 10.6. The molecular formula is C20H14BrN5O4. The molecular weight excluding hydrogens is 454 g/mol. The fraction of sp³-hybridized carbons (Fsp3) is 0.0500. The zero-order chi connectivity index (χ0) is 21.1. The lowest BCUT2D eigenvalue weighted by molar-refractivity contribution is -0.390. The highest BCUT2D eigenvalue weighted by molar-refractivity contribution is 9.10. The van der Waals surface area contributed by atoms with Gasteiger partial charge in [-0.15, -0.1) is 0 Å². The second-order valence-electron chi connectivity index (χ2n) is 6.27. The van der Waals surface area contributed by atoms with E-state index < -0.39 is 4.92 Å². The van der Waals surface area contributed by atoms with Crippen molar-refractivity contribution in [2.75, 3.05) is 0 Å². The second kappa shape index (κ2) is 8.29. The van der Waals surface area contributed by atoms with E-state index in [1.54, 1.807) is 42.9 Å². The molecule has 0 amide bonds. The van der Waals surface area contributed by atoms with Crippen LogP contribution in [0.15, 0.2) is 76.3 Å². The molecule has 0 radical (unpaired) electrons. The molecule has 0 saturated carbocycles. The number of rotatable bonds is 7. The summed E-state index contributed by atoms with van der Waals surface area (Å²) in [4.78, 5) is 26.7. The summed E-state index contributed by atoms with van der Waals surface area (Å²) in [7, 11) is 0. The van der Waals surface area contributed by atoms with Crippen molar-refractivity contribution in [3.63, 3.8) is 0 Å². The Labute approximate surface area is 178 Å². The van der Waals surface area contributed by atoms with E-state index in [-0.39, 0.29) is 18.1 Å². The van der Waals surface area contributed by atoms with Crippen molar-refractivity contribution in [3.8, 4) is 5.69 Å². The van der Waals surface area contributed by atoms with Crippen molar-refractivity contribution in [3.05, 3.63) is 99.1 Å². The summed E-state index contributed by atoms with van der Waals surface area (Å²) in [5.41, 5.74) is 1.46. The van der Waals surface area contributed by atoms with E-state index in [0.29, 0.717) is 21.6 Å². The van der Waals surface area contributed by atoms with Gasteiger partial charge in [-0.3, -0.25) is 4.79 Å². The summed E-state index contributed by atoms with van der Waals surface area (Å²) >= 11 is 3.11. The van der Waals surface area contributed by atoms with E-state index >= 15 is 0 Å². The van der Waals surface area contributed by atoms with Crippen LogP contribution in [0.5, 0.6) is 0 Å². The fourth-order valence-corrected chi connectivity index (χ4v) is 3.24. The van der Waals surface area contributed by atoms with Crippen LogP contribution in [-0.2, 0) is 6.54 Å². The van der Waals surface area contributed by atoms with Gasteiger partial charge in [0, 0.05) is 23.6 Å². The maximum atomic E-state index is 12.4. The molecule has 0 unspecified atom stereocenters. The number of furan rings is 1. The highest BCUT2D eigenvalue weighted by atomic mass is 79.9. The molecule has 0 fully saturated rings. The maximum absolute atomic E-state index is 12.4. The van der Waals surface area contributed by atoms with Crippen LogP contribution in [0.4, 0.5) is 5.82 Å². The average Bonchev–Trinajstić information content (AvgIpc) is 3.48. The minimum Gasteiger partial charge on any atom is -0.460 e. The van der Waals surface area contributed by atoms with Crippen LogP contribution < -0.4 is 0 Å². The van der Waals surface area contributed by atoms with Crippen LogP contribution in [-0.4, -0.2) is 30.0 Å². The van der Waals surface area contributed by atoms with Crippen LogP contribution in [0.2, 0.25) is 0 Å². The van der Waals surface area contributed by atoms with Gasteiger partial charge in [-0.2, -0.15) is 4.68 Å². The minimum absolute atomic E-state index is 0.156. The molecule has 0 bridgehead atoms. The van der Waals surface area contributed by atoms with E-state index in [2.05, 4.69) is 26.0 Å². The zero-order valence-corrected chi connectivity index (χ0v) is 17.0. The Hall–Kier alpha value is -3.79. The molecule has 0 atom stereocenters. The van der Waals surface area contributed by atoms with Gasteiger partial charge in [0.15, 0.2) is 5.78 Å². The van der Waals surface area contributed by atoms with E-state index in [1.807, 2.05) is 22.9 Å². The molecule has 150 valence electrons. The number of allylic oxidation sites excluding steroid dienone is 1. The SMILES string of the molecule is O=C(/C=C/c1ccc(Cn2cc(Br)c([N+](=O)[O-])n2)o1)c1ccc(-n2ccnc2)cc1. The number of carbonyl (C=O) groups excluding carboxylic acids is 1. The Bertz CT molecular complexity index is 1220. The Morgan fingerprint density at radius 2 is 2.03 bits per heavy atom. The van der Waals surface area contributed by atoms with Crippen LogP contribution in [0.3, 0.4) is 0 Å². The van der Waals surface area contributed by atoms with Crippen LogP contribution in [0.1, 0.15) is 21.9 Å². The van der Waals surface area contributed by atoms with Gasteiger partial charge in [0.25, 0.3) is 0 Å². The number of carbonyl (C=O) groups is 1. The van der Waals surface area contributed by atoms with Crippen LogP contribution >= 0.6 is 15.9 Å². The molecule has 0 aliphatic rings. The molecule has 1 aromatic carbocycles. The Morgan fingerprint density at radius 3 is 2.70 bits per heavy atom. The first kappa shape index (κ1) is 19.5. The van der Waals surface area contributed by atoms with Gasteiger partial charge in [-0.25, -0.2) is 4.98 Å². The number of hydrogen-bond acceptors (Lipinski definition) is 6. The molecule has 0 saturated heterocycles. The standard InChI is InChI=1S/C20H14BrN5O4/c21-18-12-25(23-20(18)26(28)29)11-17-6-5-16(30-17)7-8-19(27)14-1-3-15(4-2-14)24-10-9-22-13-24/h1-10,12-13H,11H2/b8-7+. The van der Waals surface area contributed by atoms with Gasteiger partial charge in [-0.05, 0) is 69.4 Å². The first-order chi connectivity index (χ1) is 14.5. The zero-order valence-electron chi connectivity index (χ0n) is 15.4. The summed E-state index contributed by atoms with van der Waals surface area (Å²) in [5.74, 6) is 0.633.